The van der Waals surface area contributed by atoms with Crippen LogP contribution < -0.4 is 4.90 Å². The van der Waals surface area contributed by atoms with Crippen LogP contribution >= 0.6 is 11.3 Å². The number of amides is 1. The third-order valence-corrected chi connectivity index (χ3v) is 4.17. The highest BCUT2D eigenvalue weighted by Gasteiger charge is 2.20. The molecule has 3 rings (SSSR count). The van der Waals surface area contributed by atoms with Crippen molar-refractivity contribution in [3.05, 3.63) is 65.6 Å². The van der Waals surface area contributed by atoms with E-state index in [1.807, 2.05) is 54.8 Å². The van der Waals surface area contributed by atoms with Gasteiger partial charge in [0, 0.05) is 18.2 Å². The molecule has 0 radical (unpaired) electrons. The normalized spacial score (nSPS) is 10.6. The average molecular weight is 312 g/mol. The highest BCUT2D eigenvalue weighted by Crippen LogP contribution is 2.29. The Morgan fingerprint density at radius 2 is 2.05 bits per heavy atom. The number of aryl methyl sites for hydroxylation is 2. The first-order valence-electron chi connectivity index (χ1n) is 7.06. The van der Waals surface area contributed by atoms with E-state index in [4.69, 9.17) is 4.42 Å². The van der Waals surface area contributed by atoms with Gasteiger partial charge in [-0.3, -0.25) is 9.69 Å². The van der Waals surface area contributed by atoms with Crippen LogP contribution in [0.4, 0.5) is 10.8 Å². The Balaban J connectivity index is 1.83. The Bertz CT molecular complexity index is 735. The summed E-state index contributed by atoms with van der Waals surface area (Å²) in [4.78, 5) is 18.8. The van der Waals surface area contributed by atoms with Gasteiger partial charge in [0.2, 0.25) is 5.91 Å². The molecule has 0 atom stereocenters. The molecule has 0 fully saturated rings. The summed E-state index contributed by atoms with van der Waals surface area (Å²) in [6.07, 6.45) is 2.58. The fourth-order valence-corrected chi connectivity index (χ4v) is 3.02. The summed E-state index contributed by atoms with van der Waals surface area (Å²) in [5, 5.41) is 2.65. The lowest BCUT2D eigenvalue weighted by molar-refractivity contribution is -0.117. The van der Waals surface area contributed by atoms with E-state index in [0.29, 0.717) is 18.0 Å². The van der Waals surface area contributed by atoms with Gasteiger partial charge in [0.15, 0.2) is 5.13 Å². The number of carbonyl (C=O) groups is 1. The third kappa shape index (κ3) is 3.26. The van der Waals surface area contributed by atoms with Crippen LogP contribution in [-0.2, 0) is 11.2 Å². The van der Waals surface area contributed by atoms with Gasteiger partial charge in [-0.2, -0.15) is 0 Å². The van der Waals surface area contributed by atoms with Gasteiger partial charge < -0.3 is 4.42 Å². The molecule has 0 N–H and O–H groups in total. The van der Waals surface area contributed by atoms with Gasteiger partial charge in [0.25, 0.3) is 0 Å². The molecule has 4 nitrogen and oxygen atoms in total. The Morgan fingerprint density at radius 1 is 1.23 bits per heavy atom. The van der Waals surface area contributed by atoms with Gasteiger partial charge in [0.1, 0.15) is 5.76 Å². The van der Waals surface area contributed by atoms with E-state index in [-0.39, 0.29) is 5.91 Å². The second-order valence-electron chi connectivity index (χ2n) is 4.92. The van der Waals surface area contributed by atoms with Crippen LogP contribution in [0.5, 0.6) is 0 Å². The Kier molecular flexibility index (Phi) is 4.34. The molecule has 0 saturated carbocycles. The molecule has 1 amide bonds. The van der Waals surface area contributed by atoms with E-state index >= 15 is 0 Å². The highest BCUT2D eigenvalue weighted by atomic mass is 32.1. The molecule has 5 heteroatoms. The predicted molar refractivity (Wildman–Crippen MR) is 87.5 cm³/mol. The first-order valence-corrected chi connectivity index (χ1v) is 7.94. The summed E-state index contributed by atoms with van der Waals surface area (Å²) < 4.78 is 5.30. The summed E-state index contributed by atoms with van der Waals surface area (Å²) in [6, 6.07) is 13.3. The summed E-state index contributed by atoms with van der Waals surface area (Å²) in [5.74, 6) is 0.827. The topological polar surface area (TPSA) is 46.3 Å². The standard InChI is InChI=1S/C17H16N2O2S/c1-13-12-22-17(18-13)19(14-6-3-2-4-7-14)16(20)10-9-15-8-5-11-21-15/h2-8,11-12H,9-10H2,1H3. The quantitative estimate of drug-likeness (QED) is 0.704. The smallest absolute Gasteiger partial charge is 0.233 e. The molecule has 0 aliphatic carbocycles. The molecule has 0 aliphatic heterocycles. The number of hydrogen-bond donors (Lipinski definition) is 0. The lowest BCUT2D eigenvalue weighted by Crippen LogP contribution is -2.26. The van der Waals surface area contributed by atoms with Crippen molar-refractivity contribution in [3.8, 4) is 0 Å². The van der Waals surface area contributed by atoms with Gasteiger partial charge in [-0.1, -0.05) is 18.2 Å². The molecule has 22 heavy (non-hydrogen) atoms. The van der Waals surface area contributed by atoms with Crippen molar-refractivity contribution < 1.29 is 9.21 Å². The minimum absolute atomic E-state index is 0.0111. The fraction of sp³-hybridized carbons (Fsp3) is 0.176. The van der Waals surface area contributed by atoms with Crippen LogP contribution in [0, 0.1) is 6.92 Å². The number of para-hydroxylation sites is 1. The second kappa shape index (κ2) is 6.58. The van der Waals surface area contributed by atoms with Crippen molar-refractivity contribution in [1.29, 1.82) is 0 Å². The zero-order chi connectivity index (χ0) is 15.4. The van der Waals surface area contributed by atoms with Crippen molar-refractivity contribution in [2.45, 2.75) is 19.8 Å². The maximum absolute atomic E-state index is 12.7. The first-order chi connectivity index (χ1) is 10.7. The molecule has 0 saturated heterocycles. The lowest BCUT2D eigenvalue weighted by atomic mass is 10.2. The van der Waals surface area contributed by atoms with Gasteiger partial charge in [0.05, 0.1) is 17.6 Å². The number of furan rings is 1. The summed E-state index contributed by atoms with van der Waals surface area (Å²) in [6.45, 7) is 1.93. The Hall–Kier alpha value is -2.40. The number of benzene rings is 1. The molecule has 1 aromatic carbocycles. The van der Waals surface area contributed by atoms with Crippen LogP contribution in [0.25, 0.3) is 0 Å². The first kappa shape index (κ1) is 14.5. The third-order valence-electron chi connectivity index (χ3n) is 3.23. The van der Waals surface area contributed by atoms with Gasteiger partial charge in [-0.05, 0) is 31.2 Å². The van der Waals surface area contributed by atoms with E-state index in [0.717, 1.165) is 17.1 Å². The monoisotopic (exact) mass is 312 g/mol. The molecule has 0 aliphatic rings. The maximum Gasteiger partial charge on any atom is 0.233 e. The molecule has 2 aromatic heterocycles. The van der Waals surface area contributed by atoms with E-state index in [1.54, 1.807) is 11.2 Å². The van der Waals surface area contributed by atoms with Gasteiger partial charge >= 0.3 is 0 Å². The number of carbonyl (C=O) groups excluding carboxylic acids is 1. The van der Waals surface area contributed by atoms with E-state index in [9.17, 15) is 4.79 Å². The number of hydrogen-bond acceptors (Lipinski definition) is 4. The van der Waals surface area contributed by atoms with Crippen LogP contribution in [0.3, 0.4) is 0 Å². The van der Waals surface area contributed by atoms with E-state index in [1.165, 1.54) is 11.3 Å². The van der Waals surface area contributed by atoms with Crippen LogP contribution in [0.1, 0.15) is 17.9 Å². The highest BCUT2D eigenvalue weighted by molar-refractivity contribution is 7.14. The minimum atomic E-state index is 0.0111. The minimum Gasteiger partial charge on any atom is -0.469 e. The van der Waals surface area contributed by atoms with Crippen molar-refractivity contribution >= 4 is 28.1 Å². The summed E-state index contributed by atoms with van der Waals surface area (Å²) in [7, 11) is 0. The van der Waals surface area contributed by atoms with Crippen molar-refractivity contribution in [2.75, 3.05) is 4.90 Å². The maximum atomic E-state index is 12.7. The molecule has 3 aromatic rings. The van der Waals surface area contributed by atoms with Crippen LogP contribution in [0.2, 0.25) is 0 Å². The summed E-state index contributed by atoms with van der Waals surface area (Å²) in [5.41, 5.74) is 1.75. The van der Waals surface area contributed by atoms with Crippen molar-refractivity contribution in [2.24, 2.45) is 0 Å². The number of nitrogens with zero attached hydrogens (tertiary/aromatic N) is 2. The number of thiazole rings is 1. The van der Waals surface area contributed by atoms with Gasteiger partial charge in [-0.15, -0.1) is 11.3 Å². The second-order valence-corrected chi connectivity index (χ2v) is 5.75. The van der Waals surface area contributed by atoms with E-state index in [2.05, 4.69) is 4.98 Å². The molecule has 112 valence electrons. The average Bonchev–Trinajstić information content (AvgIpc) is 3.18. The number of rotatable bonds is 5. The predicted octanol–water partition coefficient (Wildman–Crippen LogP) is 4.34. The molecular formula is C17H16N2O2S. The zero-order valence-corrected chi connectivity index (χ0v) is 13.0. The Labute approximate surface area is 133 Å². The van der Waals surface area contributed by atoms with E-state index < -0.39 is 0 Å². The van der Waals surface area contributed by atoms with Crippen molar-refractivity contribution in [3.63, 3.8) is 0 Å². The Morgan fingerprint density at radius 3 is 2.68 bits per heavy atom. The van der Waals surface area contributed by atoms with Crippen LogP contribution in [-0.4, -0.2) is 10.9 Å². The van der Waals surface area contributed by atoms with Gasteiger partial charge in [-0.25, -0.2) is 4.98 Å². The molecule has 0 bridgehead atoms. The largest absolute Gasteiger partial charge is 0.469 e. The summed E-state index contributed by atoms with van der Waals surface area (Å²) >= 11 is 1.47. The molecule has 0 spiro atoms. The molecular weight excluding hydrogens is 296 g/mol. The zero-order valence-electron chi connectivity index (χ0n) is 12.2. The fourth-order valence-electron chi connectivity index (χ4n) is 2.18. The van der Waals surface area contributed by atoms with Crippen LogP contribution in [0.15, 0.2) is 58.5 Å². The molecule has 2 heterocycles. The SMILES string of the molecule is Cc1csc(N(C(=O)CCc2ccco2)c2ccccc2)n1. The number of aromatic nitrogens is 1. The lowest BCUT2D eigenvalue weighted by Gasteiger charge is -2.19. The number of anilines is 2. The molecule has 0 unspecified atom stereocenters. The van der Waals surface area contributed by atoms with Crippen molar-refractivity contribution in [1.82, 2.24) is 4.98 Å².